The lowest BCUT2D eigenvalue weighted by molar-refractivity contribution is -0.305. The first-order valence-electron chi connectivity index (χ1n) is 11.0. The Labute approximate surface area is 196 Å². The number of ether oxygens (including phenoxy) is 1. The molecule has 34 heavy (non-hydrogen) atoms. The molecule has 0 radical (unpaired) electrons. The van der Waals surface area contributed by atoms with Crippen molar-refractivity contribution in [2.24, 2.45) is 11.3 Å². The molecule has 1 N–H and O–H groups in total. The summed E-state index contributed by atoms with van der Waals surface area (Å²) in [6, 6.07) is 3.63. The van der Waals surface area contributed by atoms with Gasteiger partial charge >= 0.3 is 6.36 Å². The van der Waals surface area contributed by atoms with Gasteiger partial charge in [0.15, 0.2) is 0 Å². The molecule has 1 aromatic rings. The minimum atomic E-state index is -4.77. The number of pyridine rings is 1. The van der Waals surface area contributed by atoms with E-state index in [1.807, 2.05) is 12.1 Å². The normalized spacial score (nSPS) is 20.4. The number of halogens is 3. The monoisotopic (exact) mass is 475 g/mol. The van der Waals surface area contributed by atoms with Crippen molar-refractivity contribution in [3.05, 3.63) is 72.3 Å². The predicted octanol–water partition coefficient (Wildman–Crippen LogP) is 4.39. The molecule has 2 aliphatic rings. The predicted molar refractivity (Wildman–Crippen MR) is 122 cm³/mol. The Balaban J connectivity index is 1.45. The van der Waals surface area contributed by atoms with Crippen molar-refractivity contribution < 1.29 is 27.5 Å². The first kappa shape index (κ1) is 25.3. The summed E-state index contributed by atoms with van der Waals surface area (Å²) >= 11 is 0. The lowest BCUT2D eigenvalue weighted by Crippen LogP contribution is -2.40. The van der Waals surface area contributed by atoms with E-state index in [0.29, 0.717) is 25.6 Å². The summed E-state index contributed by atoms with van der Waals surface area (Å²) in [5, 5.41) is 2.95. The first-order chi connectivity index (χ1) is 16.1. The van der Waals surface area contributed by atoms with Crippen molar-refractivity contribution in [2.45, 2.75) is 32.5 Å². The molecule has 1 spiro atoms. The molecule has 2 amide bonds. The van der Waals surface area contributed by atoms with E-state index in [1.165, 1.54) is 25.2 Å². The summed E-state index contributed by atoms with van der Waals surface area (Å²) < 4.78 is 40.6. The van der Waals surface area contributed by atoms with Crippen molar-refractivity contribution in [3.8, 4) is 0 Å². The molecule has 2 heterocycles. The molecule has 0 aromatic carbocycles. The summed E-state index contributed by atoms with van der Waals surface area (Å²) in [5.74, 6) is -0.406. The fourth-order valence-corrected chi connectivity index (χ4v) is 4.25. The topological polar surface area (TPSA) is 71.5 Å². The summed E-state index contributed by atoms with van der Waals surface area (Å²) in [6.45, 7) is 6.47. The maximum atomic E-state index is 12.8. The Morgan fingerprint density at radius 1 is 1.26 bits per heavy atom. The van der Waals surface area contributed by atoms with Gasteiger partial charge in [-0.05, 0) is 73.4 Å². The van der Waals surface area contributed by atoms with Gasteiger partial charge in [0.1, 0.15) is 5.76 Å². The largest absolute Gasteiger partial charge is 0.572 e. The second-order valence-corrected chi connectivity index (χ2v) is 8.57. The number of allylic oxidation sites excluding steroid dienone is 3. The van der Waals surface area contributed by atoms with E-state index in [0.717, 1.165) is 30.9 Å². The molecule has 9 heteroatoms. The van der Waals surface area contributed by atoms with Gasteiger partial charge in [0.25, 0.3) is 5.91 Å². The minimum absolute atomic E-state index is 0.133. The van der Waals surface area contributed by atoms with Crippen molar-refractivity contribution >= 4 is 17.9 Å². The van der Waals surface area contributed by atoms with Gasteiger partial charge in [0.2, 0.25) is 5.91 Å². The van der Waals surface area contributed by atoms with Crippen LogP contribution in [0.1, 0.15) is 31.7 Å². The van der Waals surface area contributed by atoms with Crippen LogP contribution in [0.15, 0.2) is 66.7 Å². The Morgan fingerprint density at radius 3 is 2.56 bits per heavy atom. The fourth-order valence-electron chi connectivity index (χ4n) is 4.25. The number of hydrogen-bond acceptors (Lipinski definition) is 4. The maximum Gasteiger partial charge on any atom is 0.572 e. The summed E-state index contributed by atoms with van der Waals surface area (Å²) in [4.78, 5) is 30.5. The van der Waals surface area contributed by atoms with Crippen LogP contribution >= 0.6 is 0 Å². The molecule has 6 nitrogen and oxygen atoms in total. The highest BCUT2D eigenvalue weighted by Crippen LogP contribution is 2.59. The van der Waals surface area contributed by atoms with E-state index in [4.69, 9.17) is 0 Å². The number of carbonyl (C=O) groups excluding carboxylic acids is 2. The summed E-state index contributed by atoms with van der Waals surface area (Å²) in [6.07, 6.45) is 8.17. The molecular formula is C25H28F3N3O3. The number of hydrogen-bond donors (Lipinski definition) is 1. The lowest BCUT2D eigenvalue weighted by atomic mass is 9.90. The molecule has 2 fully saturated rings. The quantitative estimate of drug-likeness (QED) is 0.344. The Hall–Kier alpha value is -3.36. The van der Waals surface area contributed by atoms with Gasteiger partial charge in [-0.1, -0.05) is 12.7 Å². The highest BCUT2D eigenvalue weighted by Gasteiger charge is 2.54. The van der Waals surface area contributed by atoms with Crippen LogP contribution in [0.25, 0.3) is 6.08 Å². The van der Waals surface area contributed by atoms with E-state index in [2.05, 4.69) is 21.6 Å². The molecule has 1 aliphatic carbocycles. The molecule has 1 saturated heterocycles. The van der Waals surface area contributed by atoms with Gasteiger partial charge < -0.3 is 15.0 Å². The van der Waals surface area contributed by atoms with Gasteiger partial charge in [0.05, 0.1) is 0 Å². The molecule has 1 aliphatic heterocycles. The van der Waals surface area contributed by atoms with Gasteiger partial charge in [0, 0.05) is 43.7 Å². The number of piperidine rings is 1. The first-order valence-corrected chi connectivity index (χ1v) is 11.0. The SMILES string of the molecule is C=C/C(=C\C=C(/C)OC(F)(F)F)C(=O)N1CCC2(CC1)CC2CNC(=O)C=Cc1ccncc1. The lowest BCUT2D eigenvalue weighted by Gasteiger charge is -2.33. The average Bonchev–Trinajstić information content (AvgIpc) is 3.47. The maximum absolute atomic E-state index is 12.8. The molecule has 182 valence electrons. The number of nitrogens with zero attached hydrogens (tertiary/aromatic N) is 2. The molecule has 3 rings (SSSR count). The van der Waals surface area contributed by atoms with E-state index in [1.54, 1.807) is 23.4 Å². The number of aromatic nitrogens is 1. The van der Waals surface area contributed by atoms with Crippen LogP contribution in [0.2, 0.25) is 0 Å². The highest BCUT2D eigenvalue weighted by molar-refractivity contribution is 5.96. The smallest absolute Gasteiger partial charge is 0.411 e. The van der Waals surface area contributed by atoms with Crippen LogP contribution in [0.5, 0.6) is 0 Å². The third-order valence-electron chi connectivity index (χ3n) is 6.30. The van der Waals surface area contributed by atoms with Crippen LogP contribution in [-0.2, 0) is 14.3 Å². The van der Waals surface area contributed by atoms with Gasteiger partial charge in [-0.3, -0.25) is 14.6 Å². The number of rotatable bonds is 8. The summed E-state index contributed by atoms with van der Waals surface area (Å²) in [5.41, 5.74) is 1.24. The van der Waals surface area contributed by atoms with E-state index < -0.39 is 6.36 Å². The van der Waals surface area contributed by atoms with Gasteiger partial charge in [-0.2, -0.15) is 0 Å². The van der Waals surface area contributed by atoms with Crippen LogP contribution in [-0.4, -0.2) is 47.7 Å². The standard InChI is InChI=1S/C25H28F3N3O3/c1-3-20(6-4-18(2)34-25(26,27)28)23(33)31-14-10-24(11-15-31)16-21(24)17-30-22(32)7-5-19-8-12-29-13-9-19/h3-9,12-13,21H,1,10-11,14-17H2,2H3,(H,30,32)/b7-5?,18-4+,20-6+. The zero-order chi connectivity index (χ0) is 24.8. The number of alkyl halides is 3. The molecular weight excluding hydrogens is 447 g/mol. The molecule has 1 saturated carbocycles. The van der Waals surface area contributed by atoms with E-state index >= 15 is 0 Å². The third kappa shape index (κ3) is 7.07. The zero-order valence-electron chi connectivity index (χ0n) is 19.0. The zero-order valence-corrected chi connectivity index (χ0v) is 19.0. The Kier molecular flexibility index (Phi) is 7.96. The van der Waals surface area contributed by atoms with Gasteiger partial charge in [-0.25, -0.2) is 0 Å². The Bertz CT molecular complexity index is 992. The van der Waals surface area contributed by atoms with E-state index in [-0.39, 0.29) is 28.6 Å². The minimum Gasteiger partial charge on any atom is -0.411 e. The van der Waals surface area contributed by atoms with Crippen LogP contribution < -0.4 is 5.32 Å². The van der Waals surface area contributed by atoms with Crippen molar-refractivity contribution in [1.82, 2.24) is 15.2 Å². The van der Waals surface area contributed by atoms with Crippen LogP contribution in [0, 0.1) is 11.3 Å². The second-order valence-electron chi connectivity index (χ2n) is 8.57. The fraction of sp³-hybridized carbons (Fsp3) is 0.400. The summed E-state index contributed by atoms with van der Waals surface area (Å²) in [7, 11) is 0. The van der Waals surface area contributed by atoms with E-state index in [9.17, 15) is 22.8 Å². The second kappa shape index (κ2) is 10.7. The molecule has 0 bridgehead atoms. The van der Waals surface area contributed by atoms with Crippen molar-refractivity contribution in [2.75, 3.05) is 19.6 Å². The van der Waals surface area contributed by atoms with Crippen molar-refractivity contribution in [1.29, 1.82) is 0 Å². The number of nitrogens with one attached hydrogen (secondary N) is 1. The van der Waals surface area contributed by atoms with Gasteiger partial charge in [-0.15, -0.1) is 13.2 Å². The highest BCUT2D eigenvalue weighted by atomic mass is 19.4. The van der Waals surface area contributed by atoms with Crippen LogP contribution in [0.3, 0.4) is 0 Å². The number of carbonyl (C=O) groups is 2. The number of likely N-dealkylation sites (tertiary alicyclic amines) is 1. The number of amides is 2. The third-order valence-corrected chi connectivity index (χ3v) is 6.30. The molecule has 1 unspecified atom stereocenters. The van der Waals surface area contributed by atoms with Crippen LogP contribution in [0.4, 0.5) is 13.2 Å². The van der Waals surface area contributed by atoms with Crippen molar-refractivity contribution in [3.63, 3.8) is 0 Å². The molecule has 1 aromatic heterocycles. The average molecular weight is 476 g/mol. The molecule has 1 atom stereocenters. The Morgan fingerprint density at radius 2 is 1.94 bits per heavy atom.